The number of halogens is 1. The number of hydrogen-bond donors (Lipinski definition) is 2. The van der Waals surface area contributed by atoms with E-state index in [1.54, 1.807) is 6.92 Å². The zero-order chi connectivity index (χ0) is 14.6. The van der Waals surface area contributed by atoms with E-state index >= 15 is 0 Å². The molecule has 0 aliphatic heterocycles. The number of aromatic carboxylic acids is 1. The summed E-state index contributed by atoms with van der Waals surface area (Å²) in [6, 6.07) is 3.82. The zero-order valence-corrected chi connectivity index (χ0v) is 12.8. The molecule has 0 amide bonds. The van der Waals surface area contributed by atoms with Gasteiger partial charge in [-0.15, -0.1) is 0 Å². The predicted octanol–water partition coefficient (Wildman–Crippen LogP) is 1.46. The van der Waals surface area contributed by atoms with Gasteiger partial charge in [0.05, 0.1) is 16.6 Å². The summed E-state index contributed by atoms with van der Waals surface area (Å²) in [7, 11) is -2.28. The van der Waals surface area contributed by atoms with Crippen molar-refractivity contribution in [1.29, 1.82) is 0 Å². The number of carbonyl (C=O) groups is 1. The van der Waals surface area contributed by atoms with Crippen LogP contribution in [0.4, 0.5) is 0 Å². The molecule has 0 aromatic heterocycles. The molecule has 0 radical (unpaired) electrons. The number of rotatable bonds is 6. The predicted molar refractivity (Wildman–Crippen MR) is 72.8 cm³/mol. The molecule has 106 valence electrons. The molecule has 1 atom stereocenters. The van der Waals surface area contributed by atoms with Crippen molar-refractivity contribution in [3.8, 4) is 0 Å². The van der Waals surface area contributed by atoms with Gasteiger partial charge in [0.15, 0.2) is 0 Å². The van der Waals surface area contributed by atoms with E-state index in [4.69, 9.17) is 9.84 Å². The number of methoxy groups -OCH3 is 1. The van der Waals surface area contributed by atoms with Crippen molar-refractivity contribution in [3.05, 3.63) is 28.2 Å². The number of carboxylic acids is 1. The van der Waals surface area contributed by atoms with E-state index in [0.29, 0.717) is 4.47 Å². The first kappa shape index (κ1) is 16.1. The lowest BCUT2D eigenvalue weighted by Crippen LogP contribution is -2.31. The van der Waals surface area contributed by atoms with E-state index in [-0.39, 0.29) is 23.1 Å². The Morgan fingerprint density at radius 2 is 2.16 bits per heavy atom. The van der Waals surface area contributed by atoms with Crippen LogP contribution in [0.15, 0.2) is 27.6 Å². The molecule has 0 saturated heterocycles. The van der Waals surface area contributed by atoms with Gasteiger partial charge in [0, 0.05) is 18.1 Å². The first-order valence-corrected chi connectivity index (χ1v) is 7.61. The van der Waals surface area contributed by atoms with Crippen LogP contribution in [0.3, 0.4) is 0 Å². The van der Waals surface area contributed by atoms with Gasteiger partial charge in [0.1, 0.15) is 0 Å². The molecule has 8 heteroatoms. The first-order chi connectivity index (χ1) is 8.77. The highest BCUT2D eigenvalue weighted by atomic mass is 79.9. The maximum atomic E-state index is 12.0. The summed E-state index contributed by atoms with van der Waals surface area (Å²) < 4.78 is 31.5. The number of benzene rings is 1. The molecule has 0 fully saturated rings. The second-order valence-electron chi connectivity index (χ2n) is 3.85. The van der Waals surface area contributed by atoms with Gasteiger partial charge in [-0.25, -0.2) is 17.9 Å². The molecule has 2 N–H and O–H groups in total. The molecular formula is C11H14BrNO5S. The molecule has 19 heavy (non-hydrogen) atoms. The van der Waals surface area contributed by atoms with Crippen molar-refractivity contribution in [2.75, 3.05) is 13.7 Å². The third-order valence-electron chi connectivity index (χ3n) is 2.44. The Morgan fingerprint density at radius 3 is 2.68 bits per heavy atom. The molecular weight excluding hydrogens is 338 g/mol. The van der Waals surface area contributed by atoms with Gasteiger partial charge in [-0.3, -0.25) is 0 Å². The highest BCUT2D eigenvalue weighted by molar-refractivity contribution is 9.10. The van der Waals surface area contributed by atoms with Gasteiger partial charge in [-0.2, -0.15) is 0 Å². The second-order valence-corrected chi connectivity index (χ2v) is 6.47. The van der Waals surface area contributed by atoms with Crippen LogP contribution in [-0.2, 0) is 14.8 Å². The fourth-order valence-electron chi connectivity index (χ4n) is 1.23. The van der Waals surface area contributed by atoms with Crippen LogP contribution in [0.2, 0.25) is 0 Å². The van der Waals surface area contributed by atoms with E-state index < -0.39 is 16.0 Å². The normalized spacial score (nSPS) is 13.2. The van der Waals surface area contributed by atoms with Crippen LogP contribution in [0.25, 0.3) is 0 Å². The van der Waals surface area contributed by atoms with Crippen LogP contribution >= 0.6 is 15.9 Å². The van der Waals surface area contributed by atoms with Crippen molar-refractivity contribution in [1.82, 2.24) is 4.72 Å². The number of ether oxygens (including phenoxy) is 1. The molecule has 0 aliphatic carbocycles. The van der Waals surface area contributed by atoms with Gasteiger partial charge in [-0.1, -0.05) is 0 Å². The molecule has 0 bridgehead atoms. The molecule has 0 aliphatic rings. The van der Waals surface area contributed by atoms with E-state index in [1.807, 2.05) is 0 Å². The largest absolute Gasteiger partial charge is 0.478 e. The lowest BCUT2D eigenvalue weighted by molar-refractivity contribution is 0.0695. The quantitative estimate of drug-likeness (QED) is 0.809. The Kier molecular flexibility index (Phi) is 5.48. The minimum Gasteiger partial charge on any atom is -0.478 e. The van der Waals surface area contributed by atoms with Gasteiger partial charge in [0.2, 0.25) is 10.0 Å². The molecule has 1 aromatic rings. The molecule has 0 heterocycles. The first-order valence-electron chi connectivity index (χ1n) is 5.33. The van der Waals surface area contributed by atoms with Gasteiger partial charge >= 0.3 is 5.97 Å². The smallest absolute Gasteiger partial charge is 0.336 e. The molecule has 0 saturated carbocycles. The Balaban J connectivity index is 3.02. The summed E-state index contributed by atoms with van der Waals surface area (Å²) in [6.45, 7) is 1.82. The van der Waals surface area contributed by atoms with E-state index in [9.17, 15) is 13.2 Å². The lowest BCUT2D eigenvalue weighted by Gasteiger charge is -2.12. The highest BCUT2D eigenvalue weighted by Crippen LogP contribution is 2.21. The summed E-state index contributed by atoms with van der Waals surface area (Å²) in [6.07, 6.45) is -0.274. The van der Waals surface area contributed by atoms with Crippen LogP contribution < -0.4 is 4.72 Å². The van der Waals surface area contributed by atoms with Crippen molar-refractivity contribution >= 4 is 31.9 Å². The molecule has 0 spiro atoms. The molecule has 1 rings (SSSR count). The zero-order valence-electron chi connectivity index (χ0n) is 10.4. The summed E-state index contributed by atoms with van der Waals surface area (Å²) in [5.41, 5.74) is -0.109. The Morgan fingerprint density at radius 1 is 1.53 bits per heavy atom. The van der Waals surface area contributed by atoms with Gasteiger partial charge in [0.25, 0.3) is 0 Å². The number of nitrogens with one attached hydrogen (secondary N) is 1. The Bertz CT molecular complexity index is 572. The molecule has 1 unspecified atom stereocenters. The van der Waals surface area contributed by atoms with Crippen LogP contribution in [-0.4, -0.2) is 39.3 Å². The average molecular weight is 352 g/mol. The third-order valence-corrected chi connectivity index (χ3v) is 4.55. The molecule has 1 aromatic carbocycles. The monoisotopic (exact) mass is 351 g/mol. The summed E-state index contributed by atoms with van der Waals surface area (Å²) >= 11 is 3.06. The standard InChI is InChI=1S/C11H14BrNO5S/c1-7(18-2)6-13-19(16,17)8-3-4-10(12)9(5-8)11(14)15/h3-5,7,13H,6H2,1-2H3,(H,14,15). The van der Waals surface area contributed by atoms with Crippen molar-refractivity contribution in [3.63, 3.8) is 0 Å². The minimum atomic E-state index is -3.75. The SMILES string of the molecule is COC(C)CNS(=O)(=O)c1ccc(Br)c(C(=O)O)c1. The fourth-order valence-corrected chi connectivity index (χ4v) is 2.79. The molecule has 6 nitrogen and oxygen atoms in total. The van der Waals surface area contributed by atoms with Crippen molar-refractivity contribution < 1.29 is 23.1 Å². The maximum absolute atomic E-state index is 12.0. The van der Waals surface area contributed by atoms with Gasteiger partial charge < -0.3 is 9.84 Å². The van der Waals surface area contributed by atoms with E-state index in [0.717, 1.165) is 6.07 Å². The third kappa shape index (κ3) is 4.27. The summed E-state index contributed by atoms with van der Waals surface area (Å²) in [4.78, 5) is 10.8. The van der Waals surface area contributed by atoms with E-state index in [1.165, 1.54) is 19.2 Å². The van der Waals surface area contributed by atoms with Crippen LogP contribution in [0, 0.1) is 0 Å². The van der Waals surface area contributed by atoms with E-state index in [2.05, 4.69) is 20.7 Å². The maximum Gasteiger partial charge on any atom is 0.336 e. The van der Waals surface area contributed by atoms with Gasteiger partial charge in [-0.05, 0) is 41.1 Å². The topological polar surface area (TPSA) is 92.7 Å². The van der Waals surface area contributed by atoms with Crippen LogP contribution in [0.5, 0.6) is 0 Å². The van der Waals surface area contributed by atoms with Crippen molar-refractivity contribution in [2.24, 2.45) is 0 Å². The number of hydrogen-bond acceptors (Lipinski definition) is 4. The average Bonchev–Trinajstić information content (AvgIpc) is 2.35. The second kappa shape index (κ2) is 6.47. The minimum absolute atomic E-state index is 0.101. The highest BCUT2D eigenvalue weighted by Gasteiger charge is 2.18. The van der Waals surface area contributed by atoms with Crippen molar-refractivity contribution in [2.45, 2.75) is 17.9 Å². The summed E-state index contributed by atoms with van der Waals surface area (Å²) in [5.74, 6) is -1.20. The number of sulfonamides is 1. The lowest BCUT2D eigenvalue weighted by atomic mass is 10.2. The Hall–Kier alpha value is -0.960. The fraction of sp³-hybridized carbons (Fsp3) is 0.364. The Labute approximate surface area is 120 Å². The number of carboxylic acid groups (broad SMARTS) is 1. The summed E-state index contributed by atoms with van der Waals surface area (Å²) in [5, 5.41) is 8.95. The van der Waals surface area contributed by atoms with Crippen LogP contribution in [0.1, 0.15) is 17.3 Å².